The lowest BCUT2D eigenvalue weighted by Gasteiger charge is -2.16. The van der Waals surface area contributed by atoms with Crippen molar-refractivity contribution < 1.29 is 23.9 Å². The maximum Gasteiger partial charge on any atom is 0.335 e. The van der Waals surface area contributed by atoms with E-state index in [4.69, 9.17) is 14.0 Å². The van der Waals surface area contributed by atoms with Crippen LogP contribution in [0.25, 0.3) is 11.4 Å². The van der Waals surface area contributed by atoms with Gasteiger partial charge in [-0.1, -0.05) is 5.16 Å². The van der Waals surface area contributed by atoms with Gasteiger partial charge in [-0.15, -0.1) is 0 Å². The number of benzene rings is 2. The average molecular weight is 352 g/mol. The van der Waals surface area contributed by atoms with E-state index in [9.17, 15) is 9.90 Å². The van der Waals surface area contributed by atoms with E-state index in [1.165, 1.54) is 12.5 Å². The van der Waals surface area contributed by atoms with E-state index in [2.05, 4.69) is 10.1 Å². The van der Waals surface area contributed by atoms with Crippen LogP contribution in [0, 0.1) is 0 Å². The molecule has 0 saturated carbocycles. The maximum atomic E-state index is 11.4. The second kappa shape index (κ2) is 5.87. The fourth-order valence-electron chi connectivity index (χ4n) is 2.96. The summed E-state index contributed by atoms with van der Waals surface area (Å²) >= 11 is 0. The van der Waals surface area contributed by atoms with Crippen LogP contribution in [-0.2, 0) is 6.42 Å². The number of carboxylic acid groups (broad SMARTS) is 1. The number of ether oxygens (including phenoxy) is 2. The number of aromatic nitrogens is 2. The zero-order valence-electron chi connectivity index (χ0n) is 14.2. The van der Waals surface area contributed by atoms with Crippen LogP contribution in [0.3, 0.4) is 0 Å². The van der Waals surface area contributed by atoms with Gasteiger partial charge in [0.05, 0.1) is 5.56 Å². The van der Waals surface area contributed by atoms with E-state index >= 15 is 0 Å². The molecule has 1 aliphatic heterocycles. The Morgan fingerprint density at radius 3 is 2.65 bits per heavy atom. The third kappa shape index (κ3) is 2.99. The molecule has 2 aromatic carbocycles. The summed E-state index contributed by atoms with van der Waals surface area (Å²) in [7, 11) is 0. The first kappa shape index (κ1) is 16.1. The Morgan fingerprint density at radius 2 is 2.00 bits per heavy atom. The predicted octanol–water partition coefficient (Wildman–Crippen LogP) is 3.94. The van der Waals surface area contributed by atoms with Gasteiger partial charge in [0, 0.05) is 17.5 Å². The van der Waals surface area contributed by atoms with Crippen LogP contribution < -0.4 is 9.47 Å². The van der Waals surface area contributed by atoms with Gasteiger partial charge in [-0.25, -0.2) is 4.79 Å². The fourth-order valence-corrected chi connectivity index (χ4v) is 2.96. The molecule has 0 bridgehead atoms. The molecule has 3 aromatic rings. The molecule has 0 saturated heterocycles. The first-order valence-electron chi connectivity index (χ1n) is 8.05. The Bertz CT molecular complexity index is 962. The zero-order valence-corrected chi connectivity index (χ0v) is 14.2. The van der Waals surface area contributed by atoms with Crippen LogP contribution in [-0.4, -0.2) is 26.8 Å². The third-order valence-electron chi connectivity index (χ3n) is 4.11. The smallest absolute Gasteiger partial charge is 0.335 e. The second-order valence-corrected chi connectivity index (χ2v) is 6.68. The predicted molar refractivity (Wildman–Crippen MR) is 91.6 cm³/mol. The molecular weight excluding hydrogens is 336 g/mol. The Balaban J connectivity index is 1.67. The van der Waals surface area contributed by atoms with Crippen molar-refractivity contribution in [1.29, 1.82) is 0 Å². The number of rotatable bonds is 4. The molecule has 1 aliphatic rings. The van der Waals surface area contributed by atoms with Crippen molar-refractivity contribution in [3.05, 3.63) is 53.9 Å². The Kier molecular flexibility index (Phi) is 3.64. The number of aromatic carboxylic acids is 1. The van der Waals surface area contributed by atoms with E-state index in [-0.39, 0.29) is 5.56 Å². The molecule has 0 amide bonds. The molecule has 4 rings (SSSR count). The van der Waals surface area contributed by atoms with Gasteiger partial charge in [-0.2, -0.15) is 4.98 Å². The summed E-state index contributed by atoms with van der Waals surface area (Å²) in [5, 5.41) is 13.1. The highest BCUT2D eigenvalue weighted by atomic mass is 16.5. The molecule has 7 heteroatoms. The van der Waals surface area contributed by atoms with Crippen LogP contribution in [0.1, 0.15) is 29.8 Å². The Hall–Kier alpha value is -3.35. The minimum Gasteiger partial charge on any atom is -0.487 e. The van der Waals surface area contributed by atoms with Gasteiger partial charge in [-0.3, -0.25) is 0 Å². The topological polar surface area (TPSA) is 94.7 Å². The normalized spacial score (nSPS) is 14.5. The highest BCUT2D eigenvalue weighted by Crippen LogP contribution is 2.43. The van der Waals surface area contributed by atoms with Gasteiger partial charge in [-0.05, 0) is 50.2 Å². The van der Waals surface area contributed by atoms with Gasteiger partial charge in [0.15, 0.2) is 0 Å². The molecule has 26 heavy (non-hydrogen) atoms. The Labute approximate surface area is 149 Å². The number of fused-ring (bicyclic) bond motifs is 1. The van der Waals surface area contributed by atoms with Crippen LogP contribution in [0.15, 0.2) is 47.3 Å². The summed E-state index contributed by atoms with van der Waals surface area (Å²) in [6.07, 6.45) is 1.90. The van der Waals surface area contributed by atoms with Gasteiger partial charge in [0.2, 0.25) is 12.2 Å². The molecule has 7 nitrogen and oxygen atoms in total. The molecule has 1 aromatic heterocycles. The van der Waals surface area contributed by atoms with Gasteiger partial charge in [0.1, 0.15) is 22.8 Å². The van der Waals surface area contributed by atoms with Crippen molar-refractivity contribution in [3.63, 3.8) is 0 Å². The fraction of sp³-hybridized carbons (Fsp3) is 0.211. The second-order valence-electron chi connectivity index (χ2n) is 6.68. The molecule has 0 unspecified atom stereocenters. The first-order chi connectivity index (χ1) is 12.4. The van der Waals surface area contributed by atoms with Crippen molar-refractivity contribution in [3.8, 4) is 28.6 Å². The summed E-state index contributed by atoms with van der Waals surface area (Å²) in [5.41, 5.74) is 1.38. The molecular formula is C19H16N2O5. The third-order valence-corrected chi connectivity index (χ3v) is 4.11. The molecule has 0 spiro atoms. The number of nitrogens with zero attached hydrogens (tertiary/aromatic N) is 2. The van der Waals surface area contributed by atoms with Crippen molar-refractivity contribution in [2.24, 2.45) is 0 Å². The van der Waals surface area contributed by atoms with E-state index in [0.29, 0.717) is 29.5 Å². The number of hydrogen-bond acceptors (Lipinski definition) is 6. The average Bonchev–Trinajstić information content (AvgIpc) is 3.22. The summed E-state index contributed by atoms with van der Waals surface area (Å²) < 4.78 is 16.6. The number of carboxylic acids is 1. The highest BCUT2D eigenvalue weighted by molar-refractivity contribution is 5.89. The monoisotopic (exact) mass is 352 g/mol. The Morgan fingerprint density at radius 1 is 1.23 bits per heavy atom. The quantitative estimate of drug-likeness (QED) is 0.760. The van der Waals surface area contributed by atoms with Crippen molar-refractivity contribution >= 4 is 5.97 Å². The van der Waals surface area contributed by atoms with Gasteiger partial charge in [0.25, 0.3) is 0 Å². The van der Waals surface area contributed by atoms with Crippen molar-refractivity contribution in [2.45, 2.75) is 25.9 Å². The lowest BCUT2D eigenvalue weighted by atomic mass is 10.00. The highest BCUT2D eigenvalue weighted by Gasteiger charge is 2.33. The van der Waals surface area contributed by atoms with E-state index in [1.54, 1.807) is 18.2 Å². The van der Waals surface area contributed by atoms with E-state index < -0.39 is 11.6 Å². The molecule has 0 aliphatic carbocycles. The standard InChI is InChI=1S/C19H16N2O5/c1-19(2)9-14-15(7-12(18(22)23)8-16(14)26-19)25-13-5-3-11(4-6-13)17-20-10-24-21-17/h3-8,10H,9H2,1-2H3,(H,22,23). The van der Waals surface area contributed by atoms with Crippen LogP contribution in [0.4, 0.5) is 0 Å². The van der Waals surface area contributed by atoms with Gasteiger partial charge >= 0.3 is 5.97 Å². The van der Waals surface area contributed by atoms with Crippen LogP contribution in [0.2, 0.25) is 0 Å². The maximum absolute atomic E-state index is 11.4. The van der Waals surface area contributed by atoms with Crippen molar-refractivity contribution in [2.75, 3.05) is 0 Å². The molecule has 0 atom stereocenters. The zero-order chi connectivity index (χ0) is 18.3. The van der Waals surface area contributed by atoms with E-state index in [1.807, 2.05) is 26.0 Å². The van der Waals surface area contributed by atoms with Gasteiger partial charge < -0.3 is 19.1 Å². The number of hydrogen-bond donors (Lipinski definition) is 1. The lowest BCUT2D eigenvalue weighted by molar-refractivity contribution is 0.0695. The SMILES string of the molecule is CC1(C)Cc2c(Oc3ccc(-c4ncon4)cc3)cc(C(=O)O)cc2O1. The summed E-state index contributed by atoms with van der Waals surface area (Å²) in [5.74, 6) is 1.07. The first-order valence-corrected chi connectivity index (χ1v) is 8.05. The van der Waals surface area contributed by atoms with Crippen LogP contribution >= 0.6 is 0 Å². The minimum absolute atomic E-state index is 0.125. The van der Waals surface area contributed by atoms with Crippen LogP contribution in [0.5, 0.6) is 17.2 Å². The lowest BCUT2D eigenvalue weighted by Crippen LogP contribution is -2.24. The summed E-state index contributed by atoms with van der Waals surface area (Å²) in [6.45, 7) is 3.91. The minimum atomic E-state index is -1.03. The molecule has 1 N–H and O–H groups in total. The van der Waals surface area contributed by atoms with Crippen molar-refractivity contribution in [1.82, 2.24) is 10.1 Å². The molecule has 0 radical (unpaired) electrons. The largest absolute Gasteiger partial charge is 0.487 e. The molecule has 132 valence electrons. The molecule has 0 fully saturated rings. The summed E-state index contributed by atoms with van der Waals surface area (Å²) in [4.78, 5) is 15.4. The summed E-state index contributed by atoms with van der Waals surface area (Å²) in [6, 6.07) is 10.2. The van der Waals surface area contributed by atoms with E-state index in [0.717, 1.165) is 11.1 Å². The molecule has 2 heterocycles. The number of carbonyl (C=O) groups is 1.